The van der Waals surface area contributed by atoms with Crippen molar-refractivity contribution in [3.8, 4) is 11.3 Å². The van der Waals surface area contributed by atoms with Crippen LogP contribution in [-0.2, 0) is 11.7 Å². The second kappa shape index (κ2) is 8.30. The molecule has 0 aliphatic carbocycles. The maximum Gasteiger partial charge on any atom is 0.421 e. The van der Waals surface area contributed by atoms with Gasteiger partial charge in [-0.25, -0.2) is 8.91 Å². The molecule has 3 heterocycles. The maximum absolute atomic E-state index is 14.1. The fourth-order valence-electron chi connectivity index (χ4n) is 4.35. The third-order valence-corrected chi connectivity index (χ3v) is 6.54. The van der Waals surface area contributed by atoms with E-state index in [1.165, 1.54) is 30.5 Å². The van der Waals surface area contributed by atoms with E-state index in [1.807, 2.05) is 19.9 Å². The predicted octanol–water partition coefficient (Wildman–Crippen LogP) is 3.69. The lowest BCUT2D eigenvalue weighted by molar-refractivity contribution is -0.136. The Balaban J connectivity index is 1.61. The number of halogens is 4. The van der Waals surface area contributed by atoms with Gasteiger partial charge in [0, 0.05) is 13.1 Å². The molecule has 36 heavy (non-hydrogen) atoms. The van der Waals surface area contributed by atoms with Gasteiger partial charge < -0.3 is 15.6 Å². The zero-order valence-corrected chi connectivity index (χ0v) is 19.3. The molecule has 7 nitrogen and oxygen atoms in total. The summed E-state index contributed by atoms with van der Waals surface area (Å²) in [6, 6.07) is 10.7. The number of fused-ring (bicyclic) bond motifs is 1. The summed E-state index contributed by atoms with van der Waals surface area (Å²) >= 11 is 0. The van der Waals surface area contributed by atoms with Crippen LogP contribution >= 0.6 is 0 Å². The summed E-state index contributed by atoms with van der Waals surface area (Å²) in [5, 5.41) is 9.50. The molecule has 4 aromatic rings. The number of aromatic nitrogens is 3. The molecule has 1 saturated heterocycles. The summed E-state index contributed by atoms with van der Waals surface area (Å²) in [5.74, 6) is -1.57. The van der Waals surface area contributed by atoms with E-state index in [2.05, 4.69) is 20.7 Å². The lowest BCUT2D eigenvalue weighted by Gasteiger charge is -2.43. The molecule has 0 bridgehead atoms. The normalized spacial score (nSPS) is 15.1. The smallest absolute Gasteiger partial charge is 0.339 e. The van der Waals surface area contributed by atoms with Crippen molar-refractivity contribution in [2.24, 2.45) is 0 Å². The molecule has 0 saturated carbocycles. The van der Waals surface area contributed by atoms with Gasteiger partial charge in [0.25, 0.3) is 11.5 Å². The summed E-state index contributed by atoms with van der Waals surface area (Å²) in [6.45, 7) is 4.25. The van der Waals surface area contributed by atoms with Crippen LogP contribution in [0.2, 0.25) is 0 Å². The van der Waals surface area contributed by atoms with E-state index in [0.717, 1.165) is 15.6 Å². The van der Waals surface area contributed by atoms with E-state index in [0.29, 0.717) is 11.1 Å². The van der Waals surface area contributed by atoms with Gasteiger partial charge in [0.05, 0.1) is 17.4 Å². The van der Waals surface area contributed by atoms with Crippen LogP contribution in [0.4, 0.5) is 17.6 Å². The van der Waals surface area contributed by atoms with Crippen molar-refractivity contribution in [1.82, 2.24) is 25.2 Å². The molecule has 2 aromatic carbocycles. The van der Waals surface area contributed by atoms with Crippen molar-refractivity contribution in [2.45, 2.75) is 25.6 Å². The number of hydrogen-bond acceptors (Lipinski definition) is 4. The molecule has 1 amide bonds. The first-order valence-electron chi connectivity index (χ1n) is 11.1. The van der Waals surface area contributed by atoms with Gasteiger partial charge in [-0.2, -0.15) is 18.3 Å². The lowest BCUT2D eigenvalue weighted by atomic mass is 9.84. The van der Waals surface area contributed by atoms with Gasteiger partial charge in [0.1, 0.15) is 16.9 Å². The largest absolute Gasteiger partial charge is 0.421 e. The van der Waals surface area contributed by atoms with E-state index >= 15 is 0 Å². The molecule has 1 aliphatic heterocycles. The number of H-pyrrole nitrogens is 1. The number of aromatic amines is 1. The predicted molar refractivity (Wildman–Crippen MR) is 124 cm³/mol. The number of aryl methyl sites for hydroxylation is 2. The molecular formula is C25H21F4N5O2. The van der Waals surface area contributed by atoms with E-state index in [-0.39, 0.29) is 18.8 Å². The Bertz CT molecular complexity index is 1550. The Hall–Kier alpha value is -3.99. The Morgan fingerprint density at radius 1 is 1.08 bits per heavy atom. The molecule has 1 fully saturated rings. The number of carbonyl (C=O) groups excluding carboxylic acids is 1. The summed E-state index contributed by atoms with van der Waals surface area (Å²) < 4.78 is 56.6. The monoisotopic (exact) mass is 499 g/mol. The fraction of sp³-hybridized carbons (Fsp3) is 0.240. The minimum absolute atomic E-state index is 0.233. The highest BCUT2D eigenvalue weighted by Crippen LogP contribution is 2.35. The van der Waals surface area contributed by atoms with Crippen LogP contribution in [-0.4, -0.2) is 33.6 Å². The highest BCUT2D eigenvalue weighted by atomic mass is 19.4. The molecule has 0 radical (unpaired) electrons. The summed E-state index contributed by atoms with van der Waals surface area (Å²) in [6.07, 6.45) is -3.77. The SMILES string of the molecule is Cc1ccc(-c2cn3nc(C(=O)NC4(c5ccc(F)cc5)CNC4)c(C(F)(F)F)c3c(=O)[nH]2)cc1C. The molecule has 5 rings (SSSR count). The van der Waals surface area contributed by atoms with Crippen molar-refractivity contribution < 1.29 is 22.4 Å². The van der Waals surface area contributed by atoms with Crippen LogP contribution in [0.15, 0.2) is 53.5 Å². The topological polar surface area (TPSA) is 91.3 Å². The zero-order chi connectivity index (χ0) is 25.8. The first-order valence-corrected chi connectivity index (χ1v) is 11.1. The van der Waals surface area contributed by atoms with Gasteiger partial charge in [-0.1, -0.05) is 24.3 Å². The molecule has 0 spiro atoms. The lowest BCUT2D eigenvalue weighted by Crippen LogP contribution is -2.66. The quantitative estimate of drug-likeness (QED) is 0.374. The second-order valence-electron chi connectivity index (χ2n) is 8.96. The Morgan fingerprint density at radius 2 is 1.78 bits per heavy atom. The van der Waals surface area contributed by atoms with Crippen LogP contribution in [0.5, 0.6) is 0 Å². The Morgan fingerprint density at radius 3 is 2.36 bits per heavy atom. The Labute approximate surface area is 202 Å². The molecule has 186 valence electrons. The maximum atomic E-state index is 14.1. The number of benzene rings is 2. The standard InChI is InChI=1S/C25H21F4N5O2/c1-13-3-4-15(9-14(13)2)18-10-34-21(23(36)31-18)19(25(27,28)29)20(33-34)22(35)32-24(11-30-12-24)16-5-7-17(26)8-6-16/h3-10,30H,11-12H2,1-2H3,(H,31,36)(H,32,35). The number of carbonyl (C=O) groups is 1. The van der Waals surface area contributed by atoms with Gasteiger partial charge in [-0.3, -0.25) is 9.59 Å². The third-order valence-electron chi connectivity index (χ3n) is 6.54. The van der Waals surface area contributed by atoms with Gasteiger partial charge in [-0.05, 0) is 54.3 Å². The number of nitrogens with one attached hydrogen (secondary N) is 3. The van der Waals surface area contributed by atoms with Gasteiger partial charge in [0.2, 0.25) is 0 Å². The van der Waals surface area contributed by atoms with E-state index in [4.69, 9.17) is 0 Å². The molecular weight excluding hydrogens is 478 g/mol. The minimum Gasteiger partial charge on any atom is -0.339 e. The van der Waals surface area contributed by atoms with Crippen molar-refractivity contribution in [2.75, 3.05) is 13.1 Å². The van der Waals surface area contributed by atoms with Crippen LogP contribution in [0.1, 0.15) is 32.7 Å². The summed E-state index contributed by atoms with van der Waals surface area (Å²) in [7, 11) is 0. The van der Waals surface area contributed by atoms with Crippen molar-refractivity contribution in [1.29, 1.82) is 0 Å². The minimum atomic E-state index is -5.02. The number of alkyl halides is 3. The molecule has 2 aromatic heterocycles. The van der Waals surface area contributed by atoms with Crippen molar-refractivity contribution in [3.63, 3.8) is 0 Å². The van der Waals surface area contributed by atoms with E-state index in [9.17, 15) is 27.2 Å². The van der Waals surface area contributed by atoms with Crippen LogP contribution in [0.3, 0.4) is 0 Å². The van der Waals surface area contributed by atoms with E-state index in [1.54, 1.807) is 12.1 Å². The fourth-order valence-corrected chi connectivity index (χ4v) is 4.35. The summed E-state index contributed by atoms with van der Waals surface area (Å²) in [4.78, 5) is 28.5. The molecule has 0 unspecified atom stereocenters. The average molecular weight is 499 g/mol. The number of hydrogen-bond donors (Lipinski definition) is 3. The second-order valence-corrected chi connectivity index (χ2v) is 8.96. The number of nitrogens with zero attached hydrogens (tertiary/aromatic N) is 2. The highest BCUT2D eigenvalue weighted by molar-refractivity contribution is 5.96. The van der Waals surface area contributed by atoms with Crippen molar-refractivity contribution in [3.05, 3.63) is 92.8 Å². The molecule has 1 aliphatic rings. The molecule has 3 N–H and O–H groups in total. The highest BCUT2D eigenvalue weighted by Gasteiger charge is 2.45. The van der Waals surface area contributed by atoms with E-state index < -0.39 is 45.8 Å². The number of rotatable bonds is 4. The molecule has 11 heteroatoms. The van der Waals surface area contributed by atoms with Gasteiger partial charge in [-0.15, -0.1) is 0 Å². The number of amides is 1. The van der Waals surface area contributed by atoms with Crippen LogP contribution in [0, 0.1) is 19.7 Å². The third kappa shape index (κ3) is 3.95. The van der Waals surface area contributed by atoms with Crippen LogP contribution in [0.25, 0.3) is 16.8 Å². The zero-order valence-electron chi connectivity index (χ0n) is 19.3. The molecule has 0 atom stereocenters. The average Bonchev–Trinajstić information content (AvgIpc) is 3.20. The van der Waals surface area contributed by atoms with Gasteiger partial charge in [0.15, 0.2) is 5.69 Å². The van der Waals surface area contributed by atoms with Crippen molar-refractivity contribution >= 4 is 11.4 Å². The first kappa shape index (κ1) is 23.7. The summed E-state index contributed by atoms with van der Waals surface area (Å²) in [5.41, 5.74) is -1.86. The first-order chi connectivity index (χ1) is 17.0. The van der Waals surface area contributed by atoms with Crippen LogP contribution < -0.4 is 16.2 Å². The van der Waals surface area contributed by atoms with Gasteiger partial charge >= 0.3 is 6.18 Å². The Kier molecular flexibility index (Phi) is 5.47.